The van der Waals surface area contributed by atoms with Crippen LogP contribution in [-0.2, 0) is 16.1 Å². The first-order valence-corrected chi connectivity index (χ1v) is 7.86. The van der Waals surface area contributed by atoms with Crippen molar-refractivity contribution in [3.63, 3.8) is 0 Å². The number of ether oxygens (including phenoxy) is 1. The summed E-state index contributed by atoms with van der Waals surface area (Å²) in [5.41, 5.74) is 1.18. The van der Waals surface area contributed by atoms with Crippen molar-refractivity contribution < 1.29 is 13.9 Å². The van der Waals surface area contributed by atoms with Gasteiger partial charge in [-0.1, -0.05) is 12.1 Å². The van der Waals surface area contributed by atoms with Crippen molar-refractivity contribution >= 4 is 5.91 Å². The summed E-state index contributed by atoms with van der Waals surface area (Å²) in [7, 11) is 1.66. The van der Waals surface area contributed by atoms with Gasteiger partial charge in [-0.05, 0) is 43.6 Å². The number of likely N-dealkylation sites (tertiary alicyclic amines) is 1. The smallest absolute Gasteiger partial charge is 0.226 e. The van der Waals surface area contributed by atoms with E-state index in [0.29, 0.717) is 6.61 Å². The molecule has 1 atom stereocenters. The largest absolute Gasteiger partial charge is 0.384 e. The molecule has 1 amide bonds. The van der Waals surface area contributed by atoms with Crippen LogP contribution in [0.5, 0.6) is 0 Å². The van der Waals surface area contributed by atoms with Crippen LogP contribution in [0.2, 0.25) is 0 Å². The molecule has 0 bridgehead atoms. The lowest BCUT2D eigenvalue weighted by Gasteiger charge is -2.41. The van der Waals surface area contributed by atoms with Gasteiger partial charge >= 0.3 is 0 Å². The van der Waals surface area contributed by atoms with Gasteiger partial charge in [0.05, 0.1) is 12.5 Å². The first kappa shape index (κ1) is 15.4. The molecular formula is C17H23FN2O2. The molecule has 1 N–H and O–H groups in total. The van der Waals surface area contributed by atoms with Crippen LogP contribution in [0.15, 0.2) is 24.3 Å². The van der Waals surface area contributed by atoms with Crippen LogP contribution in [0.1, 0.15) is 18.4 Å². The van der Waals surface area contributed by atoms with Crippen LogP contribution >= 0.6 is 0 Å². The number of methoxy groups -OCH3 is 1. The molecule has 2 aliphatic rings. The van der Waals surface area contributed by atoms with E-state index >= 15 is 0 Å². The standard InChI is InChI=1S/C17H23FN2O2/c1-22-11-15-16(21)19-12-17(15)6-8-20(9-7-17)10-13-2-4-14(18)5-3-13/h2-5,15H,6-12H2,1H3,(H,19,21)/t15-/m0/s1. The van der Waals surface area contributed by atoms with Gasteiger partial charge in [-0.3, -0.25) is 9.69 Å². The molecular weight excluding hydrogens is 283 g/mol. The highest BCUT2D eigenvalue weighted by atomic mass is 19.1. The average molecular weight is 306 g/mol. The third-order valence-corrected chi connectivity index (χ3v) is 5.17. The molecule has 1 spiro atoms. The number of benzene rings is 1. The van der Waals surface area contributed by atoms with Gasteiger partial charge in [0.1, 0.15) is 5.82 Å². The molecule has 2 saturated heterocycles. The number of nitrogens with one attached hydrogen (secondary N) is 1. The van der Waals surface area contributed by atoms with Crippen LogP contribution in [0.25, 0.3) is 0 Å². The molecule has 1 aromatic rings. The zero-order valence-corrected chi connectivity index (χ0v) is 13.0. The lowest BCUT2D eigenvalue weighted by molar-refractivity contribution is -0.126. The van der Waals surface area contributed by atoms with Crippen molar-refractivity contribution in [3.8, 4) is 0 Å². The first-order chi connectivity index (χ1) is 10.6. The molecule has 2 aliphatic heterocycles. The van der Waals surface area contributed by atoms with Gasteiger partial charge in [-0.15, -0.1) is 0 Å². The van der Waals surface area contributed by atoms with Crippen molar-refractivity contribution in [2.75, 3.05) is 33.4 Å². The molecule has 3 rings (SSSR count). The van der Waals surface area contributed by atoms with Crippen molar-refractivity contribution in [1.82, 2.24) is 10.2 Å². The van der Waals surface area contributed by atoms with E-state index in [2.05, 4.69) is 10.2 Å². The molecule has 120 valence electrons. The molecule has 22 heavy (non-hydrogen) atoms. The summed E-state index contributed by atoms with van der Waals surface area (Å²) >= 11 is 0. The normalized spacial score (nSPS) is 24.6. The van der Waals surface area contributed by atoms with E-state index in [1.54, 1.807) is 7.11 Å². The summed E-state index contributed by atoms with van der Waals surface area (Å²) in [4.78, 5) is 14.4. The van der Waals surface area contributed by atoms with E-state index in [9.17, 15) is 9.18 Å². The fraction of sp³-hybridized carbons (Fsp3) is 0.588. The number of halogens is 1. The Kier molecular flexibility index (Phi) is 4.45. The minimum Gasteiger partial charge on any atom is -0.384 e. The summed E-state index contributed by atoms with van der Waals surface area (Å²) < 4.78 is 18.2. The van der Waals surface area contributed by atoms with Gasteiger partial charge in [0.2, 0.25) is 5.91 Å². The van der Waals surface area contributed by atoms with E-state index in [-0.39, 0.29) is 23.1 Å². The molecule has 1 aromatic carbocycles. The van der Waals surface area contributed by atoms with Gasteiger partial charge < -0.3 is 10.1 Å². The molecule has 0 radical (unpaired) electrons. The monoisotopic (exact) mass is 306 g/mol. The minimum absolute atomic E-state index is 0.0227. The number of nitrogens with zero attached hydrogens (tertiary/aromatic N) is 1. The topological polar surface area (TPSA) is 41.6 Å². The van der Waals surface area contributed by atoms with Gasteiger partial charge in [0.25, 0.3) is 0 Å². The quantitative estimate of drug-likeness (QED) is 0.922. The molecule has 0 saturated carbocycles. The average Bonchev–Trinajstić information content (AvgIpc) is 2.82. The van der Waals surface area contributed by atoms with Crippen molar-refractivity contribution in [2.24, 2.45) is 11.3 Å². The molecule has 0 unspecified atom stereocenters. The number of carbonyl (C=O) groups excluding carboxylic acids is 1. The Morgan fingerprint density at radius 3 is 2.64 bits per heavy atom. The van der Waals surface area contributed by atoms with E-state index in [4.69, 9.17) is 4.74 Å². The second kappa shape index (κ2) is 6.34. The molecule has 0 aliphatic carbocycles. The second-order valence-corrected chi connectivity index (χ2v) is 6.49. The van der Waals surface area contributed by atoms with E-state index in [0.717, 1.165) is 44.6 Å². The zero-order valence-electron chi connectivity index (χ0n) is 13.0. The Hall–Kier alpha value is -1.46. The van der Waals surface area contributed by atoms with Gasteiger partial charge in [0, 0.05) is 25.6 Å². The molecule has 0 aromatic heterocycles. The molecule has 4 nitrogen and oxygen atoms in total. The summed E-state index contributed by atoms with van der Waals surface area (Å²) in [6.07, 6.45) is 2.00. The highest BCUT2D eigenvalue weighted by Gasteiger charge is 2.49. The van der Waals surface area contributed by atoms with Crippen LogP contribution in [0, 0.1) is 17.2 Å². The number of hydrogen-bond donors (Lipinski definition) is 1. The molecule has 2 heterocycles. The number of carbonyl (C=O) groups is 1. The Labute approximate surface area is 130 Å². The predicted octanol–water partition coefficient (Wildman–Crippen LogP) is 1.80. The summed E-state index contributed by atoms with van der Waals surface area (Å²) in [5, 5.41) is 3.01. The maximum absolute atomic E-state index is 13.0. The zero-order chi connectivity index (χ0) is 15.6. The van der Waals surface area contributed by atoms with Crippen LogP contribution in [0.4, 0.5) is 4.39 Å². The second-order valence-electron chi connectivity index (χ2n) is 6.49. The van der Waals surface area contributed by atoms with Gasteiger partial charge in [0.15, 0.2) is 0 Å². The van der Waals surface area contributed by atoms with E-state index < -0.39 is 0 Å². The Morgan fingerprint density at radius 1 is 1.32 bits per heavy atom. The van der Waals surface area contributed by atoms with E-state index in [1.165, 1.54) is 12.1 Å². The number of piperidine rings is 1. The highest BCUT2D eigenvalue weighted by Crippen LogP contribution is 2.42. The number of hydrogen-bond acceptors (Lipinski definition) is 3. The highest BCUT2D eigenvalue weighted by molar-refractivity contribution is 5.82. The maximum Gasteiger partial charge on any atom is 0.226 e. The maximum atomic E-state index is 13.0. The number of rotatable bonds is 4. The number of amides is 1. The third kappa shape index (κ3) is 3.01. The van der Waals surface area contributed by atoms with Crippen LogP contribution in [-0.4, -0.2) is 44.2 Å². The SMILES string of the molecule is COC[C@H]1C(=O)NCC12CCN(Cc1ccc(F)cc1)CC2. The van der Waals surface area contributed by atoms with Gasteiger partial charge in [-0.2, -0.15) is 0 Å². The summed E-state index contributed by atoms with van der Waals surface area (Å²) in [6.45, 7) is 4.04. The summed E-state index contributed by atoms with van der Waals surface area (Å²) in [6, 6.07) is 6.70. The van der Waals surface area contributed by atoms with Crippen LogP contribution < -0.4 is 5.32 Å². The minimum atomic E-state index is -0.195. The van der Waals surface area contributed by atoms with Crippen LogP contribution in [0.3, 0.4) is 0 Å². The van der Waals surface area contributed by atoms with Gasteiger partial charge in [-0.25, -0.2) is 4.39 Å². The Bertz CT molecular complexity index is 524. The summed E-state index contributed by atoms with van der Waals surface area (Å²) in [5.74, 6) is -0.0846. The van der Waals surface area contributed by atoms with Crippen molar-refractivity contribution in [3.05, 3.63) is 35.6 Å². The lowest BCUT2D eigenvalue weighted by Crippen LogP contribution is -2.45. The van der Waals surface area contributed by atoms with Crippen molar-refractivity contribution in [1.29, 1.82) is 0 Å². The Balaban J connectivity index is 1.60. The molecule has 2 fully saturated rings. The lowest BCUT2D eigenvalue weighted by atomic mass is 9.71. The fourth-order valence-corrected chi connectivity index (χ4v) is 3.74. The Morgan fingerprint density at radius 2 is 2.00 bits per heavy atom. The molecule has 5 heteroatoms. The van der Waals surface area contributed by atoms with E-state index in [1.807, 2.05) is 12.1 Å². The predicted molar refractivity (Wildman–Crippen MR) is 81.7 cm³/mol. The third-order valence-electron chi connectivity index (χ3n) is 5.17. The van der Waals surface area contributed by atoms with Crippen molar-refractivity contribution in [2.45, 2.75) is 19.4 Å². The first-order valence-electron chi connectivity index (χ1n) is 7.86. The fourth-order valence-electron chi connectivity index (χ4n) is 3.74.